The summed E-state index contributed by atoms with van der Waals surface area (Å²) >= 11 is 3.52. The van der Waals surface area contributed by atoms with Crippen LogP contribution in [-0.4, -0.2) is 63.8 Å². The van der Waals surface area contributed by atoms with Gasteiger partial charge in [0.2, 0.25) is 0 Å². The number of rotatable bonds is 0. The summed E-state index contributed by atoms with van der Waals surface area (Å²) in [6.07, 6.45) is 0. The highest BCUT2D eigenvalue weighted by atomic mass is 32.1. The molecule has 0 bridgehead atoms. The molecule has 0 saturated heterocycles. The maximum atomic E-state index is 5.10. The summed E-state index contributed by atoms with van der Waals surface area (Å²) in [5.41, 5.74) is 14.1. The van der Waals surface area contributed by atoms with Gasteiger partial charge < -0.3 is 18.0 Å². The fraction of sp³-hybridized carbons (Fsp3) is 0.540. The average Bonchev–Trinajstić information content (AvgIpc) is 4.10. The molecule has 0 amide bonds. The lowest BCUT2D eigenvalue weighted by Gasteiger charge is -1.94. The van der Waals surface area contributed by atoms with Gasteiger partial charge in [0.15, 0.2) is 11.8 Å². The van der Waals surface area contributed by atoms with E-state index in [-0.39, 0.29) is 0 Å². The Bertz CT molecular complexity index is 2280. The van der Waals surface area contributed by atoms with Crippen LogP contribution in [0.25, 0.3) is 0 Å². The van der Waals surface area contributed by atoms with Gasteiger partial charge in [0.1, 0.15) is 29.0 Å². The Hall–Kier alpha value is -5.55. The molecular formula is C50H81N13O2S2. The molecule has 0 N–H and O–H groups in total. The number of imidazole rings is 1. The summed E-state index contributed by atoms with van der Waals surface area (Å²) < 4.78 is 18.1. The third kappa shape index (κ3) is 19.3. The molecule has 0 aliphatic heterocycles. The first-order valence-electron chi connectivity index (χ1n) is 22.2. The molecule has 15 nitrogen and oxygen atoms in total. The van der Waals surface area contributed by atoms with Crippen LogP contribution in [0.2, 0.25) is 0 Å². The summed E-state index contributed by atoms with van der Waals surface area (Å²) in [7, 11) is 7.92. The van der Waals surface area contributed by atoms with E-state index in [1.165, 1.54) is 59.4 Å². The SMILES string of the molecule is Cc1nc(C)c(C)o1.Cc1nc(C)c(C)o1.Cc1nc(C)c(C)s1.Cc1nc(C)c(C)s1.Cc1nc(C)n(C)c1C.Cc1nn(C)c(C)c1C.Cc1nn(C)c(C)c1C.Cc1nnc(C)n1C. The Labute approximate surface area is 409 Å². The molecule has 8 aromatic rings. The van der Waals surface area contributed by atoms with Crippen LogP contribution in [0.4, 0.5) is 0 Å². The summed E-state index contributed by atoms with van der Waals surface area (Å²) in [6, 6.07) is 0. The minimum absolute atomic E-state index is 0.750. The Morgan fingerprint density at radius 3 is 0.761 bits per heavy atom. The third-order valence-electron chi connectivity index (χ3n) is 11.4. The summed E-state index contributed by atoms with van der Waals surface area (Å²) in [4.78, 5) is 23.5. The van der Waals surface area contributed by atoms with Gasteiger partial charge in [-0.1, -0.05) is 0 Å². The van der Waals surface area contributed by atoms with Crippen LogP contribution in [0, 0.1) is 159 Å². The quantitative estimate of drug-likeness (QED) is 0.142. The van der Waals surface area contributed by atoms with E-state index < -0.39 is 0 Å². The maximum Gasteiger partial charge on any atom is 0.191 e. The van der Waals surface area contributed by atoms with Gasteiger partial charge in [0.25, 0.3) is 0 Å². The number of hydrogen-bond acceptors (Lipinski definition) is 13. The minimum atomic E-state index is 0.750. The van der Waals surface area contributed by atoms with E-state index in [9.17, 15) is 0 Å². The summed E-state index contributed by atoms with van der Waals surface area (Å²) in [5.74, 6) is 6.35. The Kier molecular flexibility index (Phi) is 24.2. The Morgan fingerprint density at radius 1 is 0.343 bits per heavy atom. The smallest absolute Gasteiger partial charge is 0.191 e. The van der Waals surface area contributed by atoms with E-state index in [4.69, 9.17) is 8.83 Å². The van der Waals surface area contributed by atoms with Gasteiger partial charge in [0, 0.05) is 68.9 Å². The van der Waals surface area contributed by atoms with Crippen LogP contribution >= 0.6 is 22.7 Å². The Balaban J connectivity index is 0.000000383. The van der Waals surface area contributed by atoms with E-state index in [1.54, 1.807) is 22.7 Å². The Morgan fingerprint density at radius 2 is 0.687 bits per heavy atom. The van der Waals surface area contributed by atoms with E-state index in [0.717, 1.165) is 69.2 Å². The van der Waals surface area contributed by atoms with Gasteiger partial charge in [-0.05, 0) is 157 Å². The van der Waals surface area contributed by atoms with Crippen molar-refractivity contribution in [3.63, 3.8) is 0 Å². The summed E-state index contributed by atoms with van der Waals surface area (Å²) in [5, 5.41) is 18.4. The van der Waals surface area contributed by atoms with Crippen LogP contribution < -0.4 is 0 Å². The highest BCUT2D eigenvalue weighted by molar-refractivity contribution is 7.11. The van der Waals surface area contributed by atoms with Crippen molar-refractivity contribution < 1.29 is 8.83 Å². The predicted molar refractivity (Wildman–Crippen MR) is 277 cm³/mol. The normalized spacial score (nSPS) is 10.0. The molecule has 0 atom stereocenters. The topological polar surface area (TPSA) is 162 Å². The molecule has 0 aliphatic rings. The van der Waals surface area contributed by atoms with Crippen LogP contribution in [-0.2, 0) is 28.2 Å². The molecule has 67 heavy (non-hydrogen) atoms. The number of nitrogens with zero attached hydrogens (tertiary/aromatic N) is 13. The molecule has 370 valence electrons. The van der Waals surface area contributed by atoms with Gasteiger partial charge in [0.05, 0.1) is 49.9 Å². The maximum absolute atomic E-state index is 5.10. The van der Waals surface area contributed by atoms with Crippen LogP contribution in [0.5, 0.6) is 0 Å². The van der Waals surface area contributed by atoms with Crippen molar-refractivity contribution in [1.82, 2.24) is 63.8 Å². The van der Waals surface area contributed by atoms with Crippen LogP contribution in [0.1, 0.15) is 129 Å². The van der Waals surface area contributed by atoms with Gasteiger partial charge in [-0.25, -0.2) is 24.9 Å². The van der Waals surface area contributed by atoms with E-state index in [1.807, 2.05) is 153 Å². The van der Waals surface area contributed by atoms with E-state index in [2.05, 4.69) is 98.3 Å². The van der Waals surface area contributed by atoms with E-state index in [0.29, 0.717) is 0 Å². The number of aromatic nitrogens is 13. The van der Waals surface area contributed by atoms with Crippen molar-refractivity contribution in [2.45, 2.75) is 159 Å². The molecule has 8 aromatic heterocycles. The largest absolute Gasteiger partial charge is 0.446 e. The first kappa shape index (κ1) is 59.5. The first-order valence-corrected chi connectivity index (χ1v) is 23.9. The molecule has 8 rings (SSSR count). The van der Waals surface area contributed by atoms with Crippen molar-refractivity contribution in [3.8, 4) is 0 Å². The second-order valence-electron chi connectivity index (χ2n) is 16.6. The molecular weight excluding hydrogens is 879 g/mol. The van der Waals surface area contributed by atoms with Gasteiger partial charge >= 0.3 is 0 Å². The zero-order valence-electron chi connectivity index (χ0n) is 45.9. The standard InChI is InChI=1S/3C7H12N2.2C6H9NO.2C6H9NS.C5H9N3/c1-5-6(2)9(4)7(3)8-5;2*1-5-6(2)8-9(4)7(5)3;4*1-4-5(2)8-6(3)7-4;1-4-6-7-5(2)8(4)3/h3*1-4H3;5*1-3H3. The van der Waals surface area contributed by atoms with Crippen molar-refractivity contribution in [2.75, 3.05) is 0 Å². The molecule has 0 saturated carbocycles. The van der Waals surface area contributed by atoms with Crippen molar-refractivity contribution >= 4 is 22.7 Å². The zero-order valence-corrected chi connectivity index (χ0v) is 47.6. The third-order valence-corrected chi connectivity index (χ3v) is 13.4. The highest BCUT2D eigenvalue weighted by Gasteiger charge is 2.04. The number of oxazole rings is 2. The fourth-order valence-electron chi connectivity index (χ4n) is 5.69. The highest BCUT2D eigenvalue weighted by Crippen LogP contribution is 2.15. The minimum Gasteiger partial charge on any atom is -0.446 e. The molecule has 17 heteroatoms. The van der Waals surface area contributed by atoms with Crippen molar-refractivity contribution in [1.29, 1.82) is 0 Å². The molecule has 0 aliphatic carbocycles. The molecule has 0 fully saturated rings. The summed E-state index contributed by atoms with van der Waals surface area (Å²) in [6.45, 7) is 46.1. The van der Waals surface area contributed by atoms with Gasteiger partial charge in [-0.15, -0.1) is 32.9 Å². The lowest BCUT2D eigenvalue weighted by Crippen LogP contribution is -1.92. The monoisotopic (exact) mass is 960 g/mol. The lowest BCUT2D eigenvalue weighted by atomic mass is 10.2. The first-order chi connectivity index (χ1) is 30.9. The van der Waals surface area contributed by atoms with E-state index >= 15 is 0 Å². The zero-order chi connectivity index (χ0) is 51.8. The van der Waals surface area contributed by atoms with Gasteiger partial charge in [-0.2, -0.15) is 10.2 Å². The predicted octanol–water partition coefficient (Wildman–Crippen LogP) is 11.8. The van der Waals surface area contributed by atoms with Crippen LogP contribution in [0.3, 0.4) is 0 Å². The van der Waals surface area contributed by atoms with Crippen molar-refractivity contribution in [3.05, 3.63) is 129 Å². The van der Waals surface area contributed by atoms with Gasteiger partial charge in [-0.3, -0.25) is 9.36 Å². The molecule has 0 aromatic carbocycles. The second kappa shape index (κ2) is 27.3. The van der Waals surface area contributed by atoms with Crippen molar-refractivity contribution in [2.24, 2.45) is 28.2 Å². The number of thiazole rings is 2. The molecule has 0 radical (unpaired) electrons. The molecule has 8 heterocycles. The molecule has 0 spiro atoms. The van der Waals surface area contributed by atoms with Crippen LogP contribution in [0.15, 0.2) is 8.83 Å². The average molecular weight is 960 g/mol. The molecule has 0 unspecified atom stereocenters. The second-order valence-corrected chi connectivity index (χ2v) is 19.4. The lowest BCUT2D eigenvalue weighted by molar-refractivity contribution is 0.493. The number of aryl methyl sites for hydroxylation is 20. The number of hydrogen-bond donors (Lipinski definition) is 0. The fourth-order valence-corrected chi connectivity index (χ4v) is 7.33.